The third-order valence-corrected chi connectivity index (χ3v) is 7.07. The molecule has 2 N–H and O–H groups in total. The van der Waals surface area contributed by atoms with Crippen molar-refractivity contribution in [2.45, 2.75) is 19.3 Å². The summed E-state index contributed by atoms with van der Waals surface area (Å²) in [5, 5.41) is 10.2. The topological polar surface area (TPSA) is 96.6 Å². The van der Waals surface area contributed by atoms with E-state index in [-0.39, 0.29) is 29.9 Å². The standard InChI is InChI=1S/C25H24N4O4/c30-23(26-17-6-7-21-22(12-17)33-15-32-21)18-14-25(18)8-10-29(11-9-25)24(31)20-13-19(27-28-20)16-4-2-1-3-5-16/h1-7,12-13,18H,8-11,14-15H2,(H,26,30)(H,27,28)/t18-/m0/s1. The van der Waals surface area contributed by atoms with E-state index in [0.29, 0.717) is 36.0 Å². The number of amides is 2. The number of aromatic nitrogens is 2. The number of piperidine rings is 1. The zero-order chi connectivity index (χ0) is 22.4. The summed E-state index contributed by atoms with van der Waals surface area (Å²) in [4.78, 5) is 27.7. The van der Waals surface area contributed by atoms with Crippen molar-refractivity contribution in [1.82, 2.24) is 15.1 Å². The Morgan fingerprint density at radius 3 is 2.64 bits per heavy atom. The minimum absolute atomic E-state index is 0.000384. The lowest BCUT2D eigenvalue weighted by Crippen LogP contribution is -2.40. The average Bonchev–Trinajstić information content (AvgIpc) is 3.20. The number of nitrogens with one attached hydrogen (secondary N) is 2. The SMILES string of the molecule is O=C(Nc1ccc2c(c1)OCO2)[C@@H]1CC12CCN(C(=O)c1cc(-c3ccccc3)n[nH]1)CC2. The Morgan fingerprint density at radius 1 is 1.03 bits per heavy atom. The van der Waals surface area contributed by atoms with Gasteiger partial charge >= 0.3 is 0 Å². The minimum Gasteiger partial charge on any atom is -0.454 e. The average molecular weight is 444 g/mol. The second-order valence-electron chi connectivity index (χ2n) is 9.00. The quantitative estimate of drug-likeness (QED) is 0.640. The van der Waals surface area contributed by atoms with Gasteiger partial charge in [-0.05, 0) is 42.9 Å². The number of anilines is 1. The Balaban J connectivity index is 1.05. The first-order valence-corrected chi connectivity index (χ1v) is 11.2. The maximum atomic E-state index is 13.0. The van der Waals surface area contributed by atoms with Crippen LogP contribution < -0.4 is 14.8 Å². The first-order valence-electron chi connectivity index (χ1n) is 11.2. The molecular formula is C25H24N4O4. The molecule has 168 valence electrons. The number of benzene rings is 2. The summed E-state index contributed by atoms with van der Waals surface area (Å²) in [5.41, 5.74) is 2.94. The van der Waals surface area contributed by atoms with Gasteiger partial charge in [0.1, 0.15) is 5.69 Å². The van der Waals surface area contributed by atoms with E-state index in [2.05, 4.69) is 15.5 Å². The molecule has 1 aliphatic carbocycles. The third-order valence-electron chi connectivity index (χ3n) is 7.07. The summed E-state index contributed by atoms with van der Waals surface area (Å²) in [6.45, 7) is 1.50. The highest BCUT2D eigenvalue weighted by molar-refractivity contribution is 5.96. The van der Waals surface area contributed by atoms with Crippen LogP contribution in [0.2, 0.25) is 0 Å². The van der Waals surface area contributed by atoms with Crippen LogP contribution in [0.25, 0.3) is 11.3 Å². The zero-order valence-electron chi connectivity index (χ0n) is 18.0. The number of carbonyl (C=O) groups excluding carboxylic acids is 2. The van der Waals surface area contributed by atoms with Gasteiger partial charge in [-0.15, -0.1) is 0 Å². The van der Waals surface area contributed by atoms with Gasteiger partial charge in [0.2, 0.25) is 12.7 Å². The molecule has 8 nitrogen and oxygen atoms in total. The fourth-order valence-electron chi connectivity index (χ4n) is 4.99. The summed E-state index contributed by atoms with van der Waals surface area (Å²) in [6.07, 6.45) is 2.53. The number of H-pyrrole nitrogens is 1. The second-order valence-corrected chi connectivity index (χ2v) is 9.00. The maximum Gasteiger partial charge on any atom is 0.271 e. The van der Waals surface area contributed by atoms with Gasteiger partial charge in [0, 0.05) is 36.3 Å². The van der Waals surface area contributed by atoms with Crippen molar-refractivity contribution in [2.24, 2.45) is 11.3 Å². The molecule has 8 heteroatoms. The molecule has 33 heavy (non-hydrogen) atoms. The summed E-state index contributed by atoms with van der Waals surface area (Å²) < 4.78 is 10.7. The van der Waals surface area contributed by atoms with Crippen LogP contribution >= 0.6 is 0 Å². The summed E-state index contributed by atoms with van der Waals surface area (Å²) >= 11 is 0. The van der Waals surface area contributed by atoms with Crippen molar-refractivity contribution in [2.75, 3.05) is 25.2 Å². The van der Waals surface area contributed by atoms with Gasteiger partial charge in [0.25, 0.3) is 5.91 Å². The van der Waals surface area contributed by atoms with E-state index in [0.717, 1.165) is 30.5 Å². The third kappa shape index (κ3) is 3.61. The van der Waals surface area contributed by atoms with E-state index in [1.807, 2.05) is 47.4 Å². The van der Waals surface area contributed by atoms with Crippen molar-refractivity contribution in [1.29, 1.82) is 0 Å². The molecule has 3 aliphatic rings. The van der Waals surface area contributed by atoms with E-state index in [9.17, 15) is 9.59 Å². The predicted molar refractivity (Wildman–Crippen MR) is 121 cm³/mol. The number of likely N-dealkylation sites (tertiary alicyclic amines) is 1. The molecule has 0 radical (unpaired) electrons. The second kappa shape index (κ2) is 7.65. The first-order chi connectivity index (χ1) is 16.1. The van der Waals surface area contributed by atoms with Crippen LogP contribution in [-0.2, 0) is 4.79 Å². The van der Waals surface area contributed by atoms with Crippen LogP contribution in [0.4, 0.5) is 5.69 Å². The zero-order valence-corrected chi connectivity index (χ0v) is 18.0. The van der Waals surface area contributed by atoms with Gasteiger partial charge < -0.3 is 19.7 Å². The van der Waals surface area contributed by atoms with Crippen LogP contribution in [0, 0.1) is 11.3 Å². The number of ether oxygens (including phenoxy) is 2. The van der Waals surface area contributed by atoms with Crippen LogP contribution in [0.15, 0.2) is 54.6 Å². The molecule has 0 bridgehead atoms. The Labute approximate surface area is 190 Å². The monoisotopic (exact) mass is 444 g/mol. The number of hydrogen-bond donors (Lipinski definition) is 2. The van der Waals surface area contributed by atoms with Crippen molar-refractivity contribution in [3.05, 3.63) is 60.3 Å². The molecule has 3 heterocycles. The number of fused-ring (bicyclic) bond motifs is 1. The molecular weight excluding hydrogens is 420 g/mol. The highest BCUT2D eigenvalue weighted by Gasteiger charge is 2.58. The molecule has 0 unspecified atom stereocenters. The molecule has 2 fully saturated rings. The molecule has 1 aromatic heterocycles. The van der Waals surface area contributed by atoms with Crippen LogP contribution in [0.3, 0.4) is 0 Å². The number of aromatic amines is 1. The van der Waals surface area contributed by atoms with Gasteiger partial charge in [0.15, 0.2) is 11.5 Å². The smallest absolute Gasteiger partial charge is 0.271 e. The van der Waals surface area contributed by atoms with Gasteiger partial charge in [0.05, 0.1) is 5.69 Å². The molecule has 1 atom stereocenters. The van der Waals surface area contributed by atoms with Gasteiger partial charge in [-0.3, -0.25) is 14.7 Å². The number of nitrogens with zero attached hydrogens (tertiary/aromatic N) is 2. The van der Waals surface area contributed by atoms with Gasteiger partial charge in [-0.1, -0.05) is 30.3 Å². The highest BCUT2D eigenvalue weighted by atomic mass is 16.7. The van der Waals surface area contributed by atoms with Crippen LogP contribution in [-0.4, -0.2) is 46.8 Å². The van der Waals surface area contributed by atoms with E-state index in [1.54, 1.807) is 12.1 Å². The Morgan fingerprint density at radius 2 is 1.82 bits per heavy atom. The summed E-state index contributed by atoms with van der Waals surface area (Å²) in [5.74, 6) is 1.33. The highest BCUT2D eigenvalue weighted by Crippen LogP contribution is 2.59. The maximum absolute atomic E-state index is 13.0. The Bertz CT molecular complexity index is 1210. The minimum atomic E-state index is -0.0402. The number of carbonyl (C=O) groups is 2. The summed E-state index contributed by atoms with van der Waals surface area (Å²) in [6, 6.07) is 17.0. The van der Waals surface area contributed by atoms with Crippen molar-refractivity contribution in [3.63, 3.8) is 0 Å². The molecule has 3 aromatic rings. The fourth-order valence-corrected chi connectivity index (χ4v) is 4.99. The fraction of sp³-hybridized carbons (Fsp3) is 0.320. The molecule has 2 aliphatic heterocycles. The molecule has 1 spiro atoms. The van der Waals surface area contributed by atoms with Crippen molar-refractivity contribution < 1.29 is 19.1 Å². The predicted octanol–water partition coefficient (Wildman–Crippen LogP) is 3.69. The number of hydrogen-bond acceptors (Lipinski definition) is 5. The molecule has 2 amide bonds. The molecule has 2 aromatic carbocycles. The Hall–Kier alpha value is -3.81. The van der Waals surface area contributed by atoms with Crippen LogP contribution in [0.5, 0.6) is 11.5 Å². The van der Waals surface area contributed by atoms with E-state index in [1.165, 1.54) is 0 Å². The van der Waals surface area contributed by atoms with E-state index >= 15 is 0 Å². The largest absolute Gasteiger partial charge is 0.454 e. The molecule has 6 rings (SSSR count). The number of rotatable bonds is 4. The lowest BCUT2D eigenvalue weighted by Gasteiger charge is -2.32. The molecule has 1 saturated carbocycles. The van der Waals surface area contributed by atoms with Gasteiger partial charge in [-0.2, -0.15) is 5.10 Å². The molecule has 1 saturated heterocycles. The van der Waals surface area contributed by atoms with Crippen LogP contribution in [0.1, 0.15) is 29.8 Å². The normalized spacial score (nSPS) is 20.0. The lowest BCUT2D eigenvalue weighted by atomic mass is 9.90. The summed E-state index contributed by atoms with van der Waals surface area (Å²) in [7, 11) is 0. The Kier molecular flexibility index (Phi) is 4.60. The van der Waals surface area contributed by atoms with Crippen molar-refractivity contribution >= 4 is 17.5 Å². The first kappa shape index (κ1) is 19.8. The van der Waals surface area contributed by atoms with Crippen molar-refractivity contribution in [3.8, 4) is 22.8 Å². The van der Waals surface area contributed by atoms with Gasteiger partial charge in [-0.25, -0.2) is 0 Å². The lowest BCUT2D eigenvalue weighted by molar-refractivity contribution is -0.118. The van der Waals surface area contributed by atoms with E-state index < -0.39 is 0 Å². The van der Waals surface area contributed by atoms with E-state index in [4.69, 9.17) is 9.47 Å².